The van der Waals surface area contributed by atoms with Gasteiger partial charge in [-0.25, -0.2) is 13.2 Å². The van der Waals surface area contributed by atoms with Crippen molar-refractivity contribution >= 4 is 17.4 Å². The van der Waals surface area contributed by atoms with Crippen LogP contribution in [0.25, 0.3) is 0 Å². The number of thioether (sulfide) groups is 1. The molecule has 1 rings (SSSR count). The minimum atomic E-state index is -4.35. The molecule has 0 saturated heterocycles. The van der Waals surface area contributed by atoms with Crippen LogP contribution in [-0.4, -0.2) is 17.8 Å². The molecule has 0 unspecified atom stereocenters. The Kier molecular flexibility index (Phi) is 4.55. The maximum Gasteiger partial charge on any atom is 0.441 e. The lowest BCUT2D eigenvalue weighted by atomic mass is 10.3. The van der Waals surface area contributed by atoms with Crippen molar-refractivity contribution in [3.05, 3.63) is 29.6 Å². The highest BCUT2D eigenvalue weighted by atomic mass is 32.2. The first kappa shape index (κ1) is 14.0. The van der Waals surface area contributed by atoms with E-state index in [1.165, 1.54) is 0 Å². The van der Waals surface area contributed by atoms with Crippen LogP contribution in [0.15, 0.2) is 12.1 Å². The minimum Gasteiger partial charge on any atom is -0.384 e. The lowest BCUT2D eigenvalue weighted by Crippen LogP contribution is -2.10. The van der Waals surface area contributed by atoms with E-state index in [0.717, 1.165) is 0 Å². The van der Waals surface area contributed by atoms with Crippen molar-refractivity contribution in [1.29, 1.82) is 0 Å². The maximum atomic E-state index is 12.7. The Morgan fingerprint density at radius 1 is 1.06 bits per heavy atom. The molecule has 1 aromatic carbocycles. The van der Waals surface area contributed by atoms with Gasteiger partial charge < -0.3 is 5.32 Å². The normalized spacial score (nSPS) is 11.6. The van der Waals surface area contributed by atoms with Crippen molar-refractivity contribution in [3.8, 4) is 0 Å². The maximum absolute atomic E-state index is 12.7. The lowest BCUT2D eigenvalue weighted by molar-refractivity contribution is -0.0327. The van der Waals surface area contributed by atoms with Gasteiger partial charge in [0, 0.05) is 30.1 Å². The van der Waals surface area contributed by atoms with E-state index in [1.807, 2.05) is 0 Å². The van der Waals surface area contributed by atoms with Crippen molar-refractivity contribution in [2.45, 2.75) is 5.51 Å². The highest BCUT2D eigenvalue weighted by Gasteiger charge is 2.27. The van der Waals surface area contributed by atoms with Crippen LogP contribution in [-0.2, 0) is 0 Å². The van der Waals surface area contributed by atoms with E-state index in [9.17, 15) is 26.3 Å². The van der Waals surface area contributed by atoms with Gasteiger partial charge in [0.25, 0.3) is 0 Å². The van der Waals surface area contributed by atoms with Gasteiger partial charge >= 0.3 is 5.51 Å². The highest BCUT2D eigenvalue weighted by molar-refractivity contribution is 8.00. The summed E-state index contributed by atoms with van der Waals surface area (Å²) >= 11 is -0.260. The highest BCUT2D eigenvalue weighted by Crippen LogP contribution is 2.29. The van der Waals surface area contributed by atoms with E-state index < -0.39 is 23.0 Å². The number of halogens is 6. The molecule has 8 heteroatoms. The second kappa shape index (κ2) is 5.52. The van der Waals surface area contributed by atoms with Crippen LogP contribution in [0.2, 0.25) is 0 Å². The van der Waals surface area contributed by atoms with Crippen LogP contribution in [0, 0.1) is 17.5 Å². The second-order valence-corrected chi connectivity index (χ2v) is 4.13. The van der Waals surface area contributed by atoms with Crippen LogP contribution in [0.3, 0.4) is 0 Å². The predicted molar refractivity (Wildman–Crippen MR) is 53.3 cm³/mol. The van der Waals surface area contributed by atoms with E-state index in [1.54, 1.807) is 0 Å². The average molecular weight is 275 g/mol. The third kappa shape index (κ3) is 4.76. The summed E-state index contributed by atoms with van der Waals surface area (Å²) < 4.78 is 73.1. The summed E-state index contributed by atoms with van der Waals surface area (Å²) in [6, 6.07) is 1.35. The Bertz CT molecular complexity index is 369. The fraction of sp³-hybridized carbons (Fsp3) is 0.333. The number of rotatable bonds is 4. The largest absolute Gasteiger partial charge is 0.441 e. The number of hydrogen-bond acceptors (Lipinski definition) is 2. The summed E-state index contributed by atoms with van der Waals surface area (Å²) in [4.78, 5) is 0. The topological polar surface area (TPSA) is 12.0 Å². The van der Waals surface area contributed by atoms with E-state index in [4.69, 9.17) is 0 Å². The molecule has 0 aliphatic carbocycles. The first-order chi connectivity index (χ1) is 7.79. The van der Waals surface area contributed by atoms with Crippen molar-refractivity contribution in [3.63, 3.8) is 0 Å². The number of anilines is 1. The van der Waals surface area contributed by atoms with Crippen LogP contribution in [0.5, 0.6) is 0 Å². The fourth-order valence-corrected chi connectivity index (χ4v) is 1.46. The smallest absolute Gasteiger partial charge is 0.384 e. The summed E-state index contributed by atoms with van der Waals surface area (Å²) in [5.74, 6) is -4.71. The number of benzene rings is 1. The van der Waals surface area contributed by atoms with Gasteiger partial charge in [-0.05, 0) is 11.8 Å². The Balaban J connectivity index is 2.48. The van der Waals surface area contributed by atoms with Gasteiger partial charge in [-0.2, -0.15) is 13.2 Å². The van der Waals surface area contributed by atoms with E-state index in [2.05, 4.69) is 5.32 Å². The summed E-state index contributed by atoms with van der Waals surface area (Å²) in [7, 11) is 0. The second-order valence-electron chi connectivity index (χ2n) is 2.97. The van der Waals surface area contributed by atoms with E-state index in [-0.39, 0.29) is 29.7 Å². The molecule has 0 aliphatic rings. The fourth-order valence-electron chi connectivity index (χ4n) is 1.02. The molecule has 96 valence electrons. The molecule has 0 radical (unpaired) electrons. The minimum absolute atomic E-state index is 0.107. The van der Waals surface area contributed by atoms with Gasteiger partial charge in [-0.3, -0.25) is 0 Å². The summed E-state index contributed by atoms with van der Waals surface area (Å²) in [5.41, 5.74) is -4.45. The van der Waals surface area contributed by atoms with Crippen molar-refractivity contribution in [1.82, 2.24) is 0 Å². The van der Waals surface area contributed by atoms with Crippen molar-refractivity contribution in [2.24, 2.45) is 0 Å². The van der Waals surface area contributed by atoms with Gasteiger partial charge in [0.15, 0.2) is 17.5 Å². The number of alkyl halides is 3. The van der Waals surface area contributed by atoms with Gasteiger partial charge in [0.2, 0.25) is 0 Å². The van der Waals surface area contributed by atoms with Gasteiger partial charge in [0.1, 0.15) is 0 Å². The molecule has 1 nitrogen and oxygen atoms in total. The third-order valence-corrected chi connectivity index (χ3v) is 2.42. The molecule has 0 saturated carbocycles. The molecule has 0 amide bonds. The number of hydrogen-bond donors (Lipinski definition) is 1. The van der Waals surface area contributed by atoms with E-state index in [0.29, 0.717) is 12.1 Å². The van der Waals surface area contributed by atoms with Gasteiger partial charge in [-0.1, -0.05) is 0 Å². The predicted octanol–water partition coefficient (Wildman–Crippen LogP) is 3.77. The quantitative estimate of drug-likeness (QED) is 0.510. The monoisotopic (exact) mass is 275 g/mol. The SMILES string of the molecule is Fc1cc(NCCSC(F)(F)F)cc(F)c1F. The molecule has 1 N–H and O–H groups in total. The Morgan fingerprint density at radius 3 is 2.06 bits per heavy atom. The third-order valence-electron chi connectivity index (χ3n) is 1.68. The molecule has 0 bridgehead atoms. The average Bonchev–Trinajstić information content (AvgIpc) is 2.19. The standard InChI is InChI=1S/C9H7F6NS/c10-6-3-5(4-7(11)8(6)12)16-1-2-17-9(13,14)15/h3-4,16H,1-2H2. The Morgan fingerprint density at radius 2 is 1.59 bits per heavy atom. The summed E-state index contributed by atoms with van der Waals surface area (Å²) in [6.45, 7) is -0.144. The molecule has 0 spiro atoms. The molecule has 1 aromatic rings. The molecule has 0 fully saturated rings. The van der Waals surface area contributed by atoms with Crippen molar-refractivity contribution < 1.29 is 26.3 Å². The Labute approximate surface area is 97.2 Å². The number of nitrogens with one attached hydrogen (secondary N) is 1. The zero-order chi connectivity index (χ0) is 13.1. The summed E-state index contributed by atoms with van der Waals surface area (Å²) in [5, 5.41) is 2.36. The molecular formula is C9H7F6NS. The van der Waals surface area contributed by atoms with Crippen LogP contribution in [0.4, 0.5) is 32.0 Å². The molecule has 0 aromatic heterocycles. The molecule has 17 heavy (non-hydrogen) atoms. The first-order valence-electron chi connectivity index (χ1n) is 4.38. The van der Waals surface area contributed by atoms with Crippen LogP contribution >= 0.6 is 11.8 Å². The summed E-state index contributed by atoms with van der Waals surface area (Å²) in [6.07, 6.45) is 0. The van der Waals surface area contributed by atoms with Crippen LogP contribution < -0.4 is 5.32 Å². The van der Waals surface area contributed by atoms with Gasteiger partial charge in [-0.15, -0.1) is 0 Å². The first-order valence-corrected chi connectivity index (χ1v) is 5.37. The van der Waals surface area contributed by atoms with Crippen molar-refractivity contribution in [2.75, 3.05) is 17.6 Å². The molecule has 0 heterocycles. The van der Waals surface area contributed by atoms with E-state index >= 15 is 0 Å². The Hall–Kier alpha value is -1.05. The zero-order valence-electron chi connectivity index (χ0n) is 8.24. The molecule has 0 aliphatic heterocycles. The van der Waals surface area contributed by atoms with Crippen LogP contribution in [0.1, 0.15) is 0 Å². The zero-order valence-corrected chi connectivity index (χ0v) is 9.06. The molecule has 0 atom stereocenters. The molecular weight excluding hydrogens is 268 g/mol. The van der Waals surface area contributed by atoms with Gasteiger partial charge in [0.05, 0.1) is 0 Å². The lowest BCUT2D eigenvalue weighted by Gasteiger charge is -2.08.